The van der Waals surface area contributed by atoms with E-state index in [1.165, 1.54) is 19.3 Å². The molecule has 156 valence electrons. The summed E-state index contributed by atoms with van der Waals surface area (Å²) in [5.41, 5.74) is 1.15. The third-order valence-electron chi connectivity index (χ3n) is 6.18. The van der Waals surface area contributed by atoms with E-state index in [9.17, 15) is 4.79 Å². The van der Waals surface area contributed by atoms with E-state index in [-0.39, 0.29) is 17.9 Å². The molecule has 6 heteroatoms. The molecule has 0 bridgehead atoms. The van der Waals surface area contributed by atoms with E-state index in [4.69, 9.17) is 4.42 Å². The Kier molecular flexibility index (Phi) is 6.80. The molecule has 1 amide bonds. The fourth-order valence-corrected chi connectivity index (χ4v) is 4.46. The van der Waals surface area contributed by atoms with Crippen molar-refractivity contribution in [3.63, 3.8) is 0 Å². The molecule has 6 nitrogen and oxygen atoms in total. The molecule has 2 heterocycles. The Hall–Kier alpha value is -2.37. The normalized spacial score (nSPS) is 19.5. The van der Waals surface area contributed by atoms with Crippen molar-refractivity contribution in [2.75, 3.05) is 18.0 Å². The van der Waals surface area contributed by atoms with Gasteiger partial charge in [0.15, 0.2) is 0 Å². The smallest absolute Gasteiger partial charge is 0.318 e. The summed E-state index contributed by atoms with van der Waals surface area (Å²) in [6, 6.07) is 10.5. The monoisotopic (exact) mass is 396 g/mol. The number of rotatable bonds is 6. The van der Waals surface area contributed by atoms with Crippen molar-refractivity contribution in [3.8, 4) is 0 Å². The van der Waals surface area contributed by atoms with Gasteiger partial charge in [0.2, 0.25) is 11.8 Å². The second-order valence-electron chi connectivity index (χ2n) is 8.41. The van der Waals surface area contributed by atoms with Crippen LogP contribution in [0.3, 0.4) is 0 Å². The number of nitrogens with one attached hydrogen (secondary N) is 1. The Morgan fingerprint density at radius 3 is 2.41 bits per heavy atom. The molecule has 1 saturated carbocycles. The molecule has 0 radical (unpaired) electrons. The molecule has 1 aliphatic carbocycles. The summed E-state index contributed by atoms with van der Waals surface area (Å²) in [5.74, 6) is 0.743. The lowest BCUT2D eigenvalue weighted by Crippen LogP contribution is -2.36. The van der Waals surface area contributed by atoms with Crippen LogP contribution in [0.25, 0.3) is 0 Å². The zero-order chi connectivity index (χ0) is 19.9. The largest absolute Gasteiger partial charge is 0.406 e. The van der Waals surface area contributed by atoms with Crippen LogP contribution in [0.4, 0.5) is 6.01 Å². The fourth-order valence-electron chi connectivity index (χ4n) is 4.46. The predicted octanol–water partition coefficient (Wildman–Crippen LogP) is 4.43. The van der Waals surface area contributed by atoms with E-state index in [0.717, 1.165) is 57.2 Å². The van der Waals surface area contributed by atoms with E-state index in [0.29, 0.717) is 18.3 Å². The molecular weight excluding hydrogens is 364 g/mol. The quantitative estimate of drug-likeness (QED) is 0.782. The molecule has 1 aromatic heterocycles. The number of anilines is 1. The number of carbonyl (C=O) groups is 1. The van der Waals surface area contributed by atoms with Gasteiger partial charge in [-0.15, -0.1) is 5.10 Å². The highest BCUT2D eigenvalue weighted by Gasteiger charge is 2.28. The van der Waals surface area contributed by atoms with Crippen molar-refractivity contribution < 1.29 is 9.21 Å². The van der Waals surface area contributed by atoms with Crippen LogP contribution >= 0.6 is 0 Å². The van der Waals surface area contributed by atoms with Crippen molar-refractivity contribution in [2.45, 2.75) is 70.3 Å². The van der Waals surface area contributed by atoms with Crippen molar-refractivity contribution in [1.82, 2.24) is 15.5 Å². The summed E-state index contributed by atoms with van der Waals surface area (Å²) in [6.45, 7) is 1.92. The Balaban J connectivity index is 1.50. The average molecular weight is 397 g/mol. The van der Waals surface area contributed by atoms with Gasteiger partial charge in [-0.2, -0.15) is 0 Å². The van der Waals surface area contributed by atoms with Gasteiger partial charge in [0.1, 0.15) is 6.04 Å². The first-order valence-electron chi connectivity index (χ1n) is 11.2. The number of hydrogen-bond donors (Lipinski definition) is 1. The number of hydrogen-bond acceptors (Lipinski definition) is 5. The zero-order valence-corrected chi connectivity index (χ0v) is 17.2. The summed E-state index contributed by atoms with van der Waals surface area (Å²) >= 11 is 0. The van der Waals surface area contributed by atoms with Gasteiger partial charge in [0.25, 0.3) is 0 Å². The molecule has 1 aliphatic heterocycles. The van der Waals surface area contributed by atoms with Crippen LogP contribution in [0.1, 0.15) is 75.3 Å². The molecule has 1 aromatic carbocycles. The molecule has 2 aromatic rings. The van der Waals surface area contributed by atoms with Gasteiger partial charge in [-0.25, -0.2) is 0 Å². The minimum absolute atomic E-state index is 0.107. The predicted molar refractivity (Wildman–Crippen MR) is 113 cm³/mol. The third-order valence-corrected chi connectivity index (χ3v) is 6.18. The highest BCUT2D eigenvalue weighted by atomic mass is 16.4. The minimum atomic E-state index is -0.292. The van der Waals surface area contributed by atoms with Crippen LogP contribution in [0.2, 0.25) is 0 Å². The first-order valence-corrected chi connectivity index (χ1v) is 11.2. The first kappa shape index (κ1) is 19.9. The Labute approximate surface area is 173 Å². The molecule has 0 unspecified atom stereocenters. The lowest BCUT2D eigenvalue weighted by Gasteiger charge is -2.23. The van der Waals surface area contributed by atoms with E-state index in [2.05, 4.69) is 32.5 Å². The van der Waals surface area contributed by atoms with Gasteiger partial charge in [0.05, 0.1) is 0 Å². The molecule has 4 rings (SSSR count). The molecule has 1 saturated heterocycles. The fraction of sp³-hybridized carbons (Fsp3) is 0.609. The van der Waals surface area contributed by atoms with Gasteiger partial charge in [-0.1, -0.05) is 67.5 Å². The van der Waals surface area contributed by atoms with Crippen molar-refractivity contribution in [2.24, 2.45) is 5.92 Å². The summed E-state index contributed by atoms with van der Waals surface area (Å²) in [7, 11) is 0. The van der Waals surface area contributed by atoms with Gasteiger partial charge >= 0.3 is 6.01 Å². The number of carbonyl (C=O) groups excluding carboxylic acids is 1. The van der Waals surface area contributed by atoms with Crippen LogP contribution in [0.15, 0.2) is 34.7 Å². The topological polar surface area (TPSA) is 71.3 Å². The van der Waals surface area contributed by atoms with E-state index in [1.807, 2.05) is 18.2 Å². The van der Waals surface area contributed by atoms with Crippen molar-refractivity contribution in [1.29, 1.82) is 0 Å². The first-order chi connectivity index (χ1) is 14.3. The van der Waals surface area contributed by atoms with Crippen molar-refractivity contribution in [3.05, 3.63) is 41.8 Å². The molecule has 1 atom stereocenters. The van der Waals surface area contributed by atoms with E-state index < -0.39 is 0 Å². The summed E-state index contributed by atoms with van der Waals surface area (Å²) < 4.78 is 6.09. The molecule has 2 aliphatic rings. The molecular formula is C23H32N4O2. The van der Waals surface area contributed by atoms with Crippen LogP contribution < -0.4 is 10.2 Å². The summed E-state index contributed by atoms with van der Waals surface area (Å²) in [6.07, 6.45) is 11.0. The Bertz CT molecular complexity index is 762. The van der Waals surface area contributed by atoms with Crippen LogP contribution in [-0.4, -0.2) is 29.2 Å². The van der Waals surface area contributed by atoms with Gasteiger partial charge < -0.3 is 14.6 Å². The Morgan fingerprint density at radius 2 is 1.69 bits per heavy atom. The summed E-state index contributed by atoms with van der Waals surface area (Å²) in [4.78, 5) is 15.1. The van der Waals surface area contributed by atoms with Gasteiger partial charge in [-0.05, 0) is 31.2 Å². The second kappa shape index (κ2) is 9.90. The maximum absolute atomic E-state index is 12.9. The number of amides is 1. The Morgan fingerprint density at radius 1 is 1.00 bits per heavy atom. The van der Waals surface area contributed by atoms with Gasteiger partial charge in [-0.3, -0.25) is 4.79 Å². The average Bonchev–Trinajstić information content (AvgIpc) is 3.10. The molecule has 2 fully saturated rings. The van der Waals surface area contributed by atoms with Gasteiger partial charge in [0, 0.05) is 25.4 Å². The van der Waals surface area contributed by atoms with Crippen molar-refractivity contribution >= 4 is 11.9 Å². The third kappa shape index (κ3) is 5.37. The number of benzene rings is 1. The maximum Gasteiger partial charge on any atom is 0.318 e. The van der Waals surface area contributed by atoms with E-state index >= 15 is 0 Å². The van der Waals surface area contributed by atoms with Crippen LogP contribution in [0.5, 0.6) is 0 Å². The van der Waals surface area contributed by atoms with E-state index in [1.54, 1.807) is 0 Å². The molecule has 29 heavy (non-hydrogen) atoms. The second-order valence-corrected chi connectivity index (χ2v) is 8.41. The highest BCUT2D eigenvalue weighted by Crippen LogP contribution is 2.27. The maximum atomic E-state index is 12.9. The number of aromatic nitrogens is 2. The SMILES string of the molecule is O=C(N[C@@H](Cc1ccccc1)c1nnc(N2CCCCCC2)o1)C1CCCCC1. The minimum Gasteiger partial charge on any atom is -0.406 e. The lowest BCUT2D eigenvalue weighted by molar-refractivity contribution is -0.126. The molecule has 0 spiro atoms. The van der Waals surface area contributed by atoms with Crippen LogP contribution in [0, 0.1) is 5.92 Å². The zero-order valence-electron chi connectivity index (χ0n) is 17.2. The standard InChI is InChI=1S/C23H32N4O2/c28-21(19-13-7-4-8-14-19)24-20(17-18-11-5-3-6-12-18)22-25-26-23(29-22)27-15-9-1-2-10-16-27/h3,5-6,11-12,19-20H,1-2,4,7-10,13-17H2,(H,24,28)/t20-/m0/s1. The highest BCUT2D eigenvalue weighted by molar-refractivity contribution is 5.79. The molecule has 1 N–H and O–H groups in total. The lowest BCUT2D eigenvalue weighted by atomic mass is 9.88. The number of nitrogens with zero attached hydrogens (tertiary/aromatic N) is 3. The summed E-state index contributed by atoms with van der Waals surface area (Å²) in [5, 5.41) is 11.9. The van der Waals surface area contributed by atoms with Crippen LogP contribution in [-0.2, 0) is 11.2 Å².